The molecule has 0 aromatic heterocycles. The first-order valence-electron chi connectivity index (χ1n) is 5.63. The molecule has 18 heavy (non-hydrogen) atoms. The number of carbonyl (C=O) groups excluding carboxylic acids is 1. The second kappa shape index (κ2) is 7.06. The lowest BCUT2D eigenvalue weighted by Crippen LogP contribution is -2.37. The molecular weight excluding hydrogens is 250 g/mol. The summed E-state index contributed by atoms with van der Waals surface area (Å²) in [7, 11) is 0. The van der Waals surface area contributed by atoms with E-state index in [1.165, 1.54) is 0 Å². The van der Waals surface area contributed by atoms with E-state index in [-0.39, 0.29) is 11.8 Å². The minimum Gasteiger partial charge on any atom is -0.479 e. The third-order valence-electron chi connectivity index (χ3n) is 2.53. The van der Waals surface area contributed by atoms with Crippen molar-refractivity contribution in [1.82, 2.24) is 5.32 Å². The zero-order valence-electron chi connectivity index (χ0n) is 10.4. The van der Waals surface area contributed by atoms with Gasteiger partial charge in [-0.3, -0.25) is 4.79 Å². The van der Waals surface area contributed by atoms with Crippen LogP contribution in [0.2, 0.25) is 0 Å². The summed E-state index contributed by atoms with van der Waals surface area (Å²) in [6.07, 6.45) is 1.91. The van der Waals surface area contributed by atoms with Crippen LogP contribution < -0.4 is 5.32 Å². The van der Waals surface area contributed by atoms with Crippen molar-refractivity contribution in [1.29, 1.82) is 0 Å². The Morgan fingerprint density at radius 2 is 1.94 bits per heavy atom. The zero-order chi connectivity index (χ0) is 13.5. The maximum Gasteiger partial charge on any atom is 0.330 e. The fraction of sp³-hybridized carbons (Fsp3) is 0.385. The summed E-state index contributed by atoms with van der Waals surface area (Å²) in [5, 5.41) is 11.7. The summed E-state index contributed by atoms with van der Waals surface area (Å²) in [6, 6.07) is 7.71. The standard InChI is InChI=1S/C13H17NO3S/c1-9(8-18-2)12(15)14-11(13(16)17)10-6-4-3-5-7-10/h3-7,9,11H,8H2,1-2H3,(H,14,15)(H,16,17). The zero-order valence-corrected chi connectivity index (χ0v) is 11.2. The molecular formula is C13H17NO3S. The van der Waals surface area contributed by atoms with Crippen LogP contribution in [0.25, 0.3) is 0 Å². The Bertz CT molecular complexity index is 408. The van der Waals surface area contributed by atoms with Crippen LogP contribution in [-0.2, 0) is 9.59 Å². The lowest BCUT2D eigenvalue weighted by Gasteiger charge is -2.17. The monoisotopic (exact) mass is 267 g/mol. The minimum atomic E-state index is -1.05. The van der Waals surface area contributed by atoms with E-state index >= 15 is 0 Å². The molecule has 0 aliphatic rings. The van der Waals surface area contributed by atoms with Crippen molar-refractivity contribution < 1.29 is 14.7 Å². The van der Waals surface area contributed by atoms with Gasteiger partial charge in [-0.15, -0.1) is 0 Å². The van der Waals surface area contributed by atoms with Crippen LogP contribution in [0, 0.1) is 5.92 Å². The molecule has 98 valence electrons. The Kier molecular flexibility index (Phi) is 5.71. The number of amides is 1. The normalized spacial score (nSPS) is 13.7. The van der Waals surface area contributed by atoms with Crippen molar-refractivity contribution >= 4 is 23.6 Å². The molecule has 0 radical (unpaired) electrons. The molecule has 1 amide bonds. The van der Waals surface area contributed by atoms with E-state index in [1.54, 1.807) is 49.0 Å². The van der Waals surface area contributed by atoms with Gasteiger partial charge >= 0.3 is 5.97 Å². The molecule has 2 unspecified atom stereocenters. The van der Waals surface area contributed by atoms with E-state index in [4.69, 9.17) is 5.11 Å². The van der Waals surface area contributed by atoms with Gasteiger partial charge < -0.3 is 10.4 Å². The predicted molar refractivity (Wildman–Crippen MR) is 72.5 cm³/mol. The second-order valence-electron chi connectivity index (χ2n) is 4.05. The summed E-state index contributed by atoms with van der Waals surface area (Å²) in [4.78, 5) is 23.0. The Hall–Kier alpha value is -1.49. The molecule has 0 spiro atoms. The van der Waals surface area contributed by atoms with Crippen LogP contribution in [0.15, 0.2) is 30.3 Å². The third kappa shape index (κ3) is 4.07. The number of hydrogen-bond acceptors (Lipinski definition) is 3. The van der Waals surface area contributed by atoms with E-state index < -0.39 is 12.0 Å². The van der Waals surface area contributed by atoms with Gasteiger partial charge in [-0.25, -0.2) is 4.79 Å². The quantitative estimate of drug-likeness (QED) is 0.826. The number of thioether (sulfide) groups is 1. The number of carbonyl (C=O) groups is 2. The highest BCUT2D eigenvalue weighted by Gasteiger charge is 2.23. The molecule has 0 fully saturated rings. The van der Waals surface area contributed by atoms with Crippen molar-refractivity contribution in [3.63, 3.8) is 0 Å². The molecule has 0 aliphatic carbocycles. The van der Waals surface area contributed by atoms with Crippen molar-refractivity contribution in [2.75, 3.05) is 12.0 Å². The first-order chi connectivity index (χ1) is 8.56. The van der Waals surface area contributed by atoms with Gasteiger partial charge in [0.25, 0.3) is 0 Å². The molecule has 1 aromatic carbocycles. The molecule has 0 saturated heterocycles. The molecule has 1 aromatic rings. The van der Waals surface area contributed by atoms with Crippen molar-refractivity contribution in [3.05, 3.63) is 35.9 Å². The van der Waals surface area contributed by atoms with Crippen molar-refractivity contribution in [3.8, 4) is 0 Å². The number of benzene rings is 1. The van der Waals surface area contributed by atoms with Crippen LogP contribution in [0.3, 0.4) is 0 Å². The molecule has 0 saturated carbocycles. The fourth-order valence-electron chi connectivity index (χ4n) is 1.54. The van der Waals surface area contributed by atoms with E-state index in [9.17, 15) is 9.59 Å². The van der Waals surface area contributed by atoms with E-state index in [0.29, 0.717) is 11.3 Å². The fourth-order valence-corrected chi connectivity index (χ4v) is 2.19. The summed E-state index contributed by atoms with van der Waals surface area (Å²) >= 11 is 1.56. The average molecular weight is 267 g/mol. The first kappa shape index (κ1) is 14.6. The van der Waals surface area contributed by atoms with Gasteiger partial charge in [-0.2, -0.15) is 11.8 Å². The maximum atomic E-state index is 11.8. The molecule has 0 bridgehead atoms. The third-order valence-corrected chi connectivity index (χ3v) is 3.36. The number of hydrogen-bond donors (Lipinski definition) is 2. The van der Waals surface area contributed by atoms with Gasteiger partial charge in [0.1, 0.15) is 0 Å². The van der Waals surface area contributed by atoms with Crippen LogP contribution >= 0.6 is 11.8 Å². The molecule has 0 aliphatic heterocycles. The van der Waals surface area contributed by atoms with Crippen LogP contribution in [0.5, 0.6) is 0 Å². The Morgan fingerprint density at radius 1 is 1.33 bits per heavy atom. The number of carboxylic acid groups (broad SMARTS) is 1. The predicted octanol–water partition coefficient (Wildman–Crippen LogP) is 1.93. The molecule has 0 heterocycles. The maximum absolute atomic E-state index is 11.8. The van der Waals surface area contributed by atoms with Crippen molar-refractivity contribution in [2.45, 2.75) is 13.0 Å². The summed E-state index contributed by atoms with van der Waals surface area (Å²) < 4.78 is 0. The van der Waals surface area contributed by atoms with Crippen LogP contribution in [-0.4, -0.2) is 29.0 Å². The minimum absolute atomic E-state index is 0.203. The van der Waals surface area contributed by atoms with Gasteiger partial charge in [-0.1, -0.05) is 37.3 Å². The van der Waals surface area contributed by atoms with Crippen molar-refractivity contribution in [2.24, 2.45) is 5.92 Å². The number of carboxylic acids is 1. The number of nitrogens with one attached hydrogen (secondary N) is 1. The van der Waals surface area contributed by atoms with Gasteiger partial charge in [0, 0.05) is 11.7 Å². The summed E-state index contributed by atoms with van der Waals surface area (Å²) in [5.74, 6) is -0.815. The smallest absolute Gasteiger partial charge is 0.330 e. The molecule has 5 heteroatoms. The van der Waals surface area contributed by atoms with E-state index in [0.717, 1.165) is 0 Å². The highest BCUT2D eigenvalue weighted by atomic mass is 32.2. The Morgan fingerprint density at radius 3 is 2.44 bits per heavy atom. The van der Waals surface area contributed by atoms with Crippen LogP contribution in [0.1, 0.15) is 18.5 Å². The van der Waals surface area contributed by atoms with Gasteiger partial charge in [0.05, 0.1) is 0 Å². The van der Waals surface area contributed by atoms with Crippen LogP contribution in [0.4, 0.5) is 0 Å². The highest BCUT2D eigenvalue weighted by molar-refractivity contribution is 7.98. The SMILES string of the molecule is CSCC(C)C(=O)NC(C(=O)O)c1ccccc1. The Balaban J connectivity index is 2.76. The summed E-state index contributed by atoms with van der Waals surface area (Å²) in [6.45, 7) is 1.79. The summed E-state index contributed by atoms with van der Waals surface area (Å²) in [5.41, 5.74) is 0.578. The second-order valence-corrected chi connectivity index (χ2v) is 4.96. The number of aliphatic carboxylic acids is 1. The average Bonchev–Trinajstić information content (AvgIpc) is 2.36. The van der Waals surface area contributed by atoms with Gasteiger partial charge in [0.15, 0.2) is 6.04 Å². The molecule has 2 N–H and O–H groups in total. The highest BCUT2D eigenvalue weighted by Crippen LogP contribution is 2.14. The van der Waals surface area contributed by atoms with Gasteiger partial charge in [-0.05, 0) is 11.8 Å². The van der Waals surface area contributed by atoms with E-state index in [2.05, 4.69) is 5.32 Å². The first-order valence-corrected chi connectivity index (χ1v) is 7.02. The molecule has 4 nitrogen and oxygen atoms in total. The molecule has 2 atom stereocenters. The topological polar surface area (TPSA) is 66.4 Å². The lowest BCUT2D eigenvalue weighted by molar-refractivity contribution is -0.142. The lowest BCUT2D eigenvalue weighted by atomic mass is 10.1. The Labute approximate surface area is 111 Å². The molecule has 1 rings (SSSR count). The largest absolute Gasteiger partial charge is 0.479 e. The number of rotatable bonds is 6. The van der Waals surface area contributed by atoms with Gasteiger partial charge in [0.2, 0.25) is 5.91 Å². The van der Waals surface area contributed by atoms with E-state index in [1.807, 2.05) is 6.26 Å².